The molecule has 0 spiro atoms. The van der Waals surface area contributed by atoms with Crippen LogP contribution in [0, 0.1) is 23.0 Å². The van der Waals surface area contributed by atoms with Gasteiger partial charge in [0.05, 0.1) is 24.4 Å². The topological polar surface area (TPSA) is 126 Å². The zero-order valence-electron chi connectivity index (χ0n) is 19.5. The van der Waals surface area contributed by atoms with Crippen molar-refractivity contribution in [2.75, 3.05) is 31.2 Å². The van der Waals surface area contributed by atoms with Crippen LogP contribution in [0.4, 0.5) is 11.4 Å². The number of nitrogens with zero attached hydrogens (tertiary/aromatic N) is 3. The highest BCUT2D eigenvalue weighted by Gasteiger charge is 2.25. The molecule has 10 heteroatoms. The fraction of sp³-hybridized carbons (Fsp3) is 0.375. The molecule has 2 N–H and O–H groups in total. The smallest absolute Gasteiger partial charge is 0.293 e. The summed E-state index contributed by atoms with van der Waals surface area (Å²) in [5, 5.41) is 18.3. The minimum absolute atomic E-state index is 0.0393. The molecular formula is C24H29N5O5. The van der Waals surface area contributed by atoms with Gasteiger partial charge in [-0.1, -0.05) is 37.6 Å². The number of carbonyl (C=O) groups excluding carboxylic acids is 2. The van der Waals surface area contributed by atoms with Crippen molar-refractivity contribution in [1.82, 2.24) is 10.7 Å². The van der Waals surface area contributed by atoms with Gasteiger partial charge in [0.15, 0.2) is 0 Å². The number of aryl methyl sites for hydroxylation is 1. The average Bonchev–Trinajstić information content (AvgIpc) is 2.83. The monoisotopic (exact) mass is 467 g/mol. The fourth-order valence-corrected chi connectivity index (χ4v) is 3.54. The molecule has 0 aliphatic carbocycles. The van der Waals surface area contributed by atoms with E-state index < -0.39 is 16.9 Å². The molecule has 1 unspecified atom stereocenters. The zero-order valence-corrected chi connectivity index (χ0v) is 19.5. The number of rotatable bonds is 8. The lowest BCUT2D eigenvalue weighted by Gasteiger charge is -2.28. The maximum absolute atomic E-state index is 12.7. The summed E-state index contributed by atoms with van der Waals surface area (Å²) in [6.45, 7) is 7.75. The van der Waals surface area contributed by atoms with Crippen molar-refractivity contribution < 1.29 is 19.2 Å². The molecule has 2 aromatic carbocycles. The lowest BCUT2D eigenvalue weighted by atomic mass is 10.0. The molecule has 180 valence electrons. The first-order valence-corrected chi connectivity index (χ1v) is 11.1. The fourth-order valence-electron chi connectivity index (χ4n) is 3.54. The summed E-state index contributed by atoms with van der Waals surface area (Å²) < 4.78 is 5.31. The predicted molar refractivity (Wildman–Crippen MR) is 129 cm³/mol. The Hall–Kier alpha value is -3.79. The lowest BCUT2D eigenvalue weighted by Crippen LogP contribution is -2.48. The molecule has 0 radical (unpaired) electrons. The maximum atomic E-state index is 12.7. The number of nitrogens with one attached hydrogen (secondary N) is 2. The number of carbonyl (C=O) groups is 2. The first-order valence-electron chi connectivity index (χ1n) is 11.1. The van der Waals surface area contributed by atoms with E-state index in [0.29, 0.717) is 43.1 Å². The van der Waals surface area contributed by atoms with Gasteiger partial charge in [-0.05, 0) is 31.0 Å². The summed E-state index contributed by atoms with van der Waals surface area (Å²) in [6, 6.07) is 11.0. The van der Waals surface area contributed by atoms with Crippen LogP contribution in [0.5, 0.6) is 0 Å². The van der Waals surface area contributed by atoms with Gasteiger partial charge in [0, 0.05) is 30.3 Å². The Morgan fingerprint density at radius 2 is 1.82 bits per heavy atom. The Morgan fingerprint density at radius 3 is 2.44 bits per heavy atom. The third-order valence-corrected chi connectivity index (χ3v) is 5.49. The van der Waals surface area contributed by atoms with Crippen LogP contribution >= 0.6 is 0 Å². The zero-order chi connectivity index (χ0) is 24.7. The average molecular weight is 468 g/mol. The third kappa shape index (κ3) is 6.38. The Morgan fingerprint density at radius 1 is 1.15 bits per heavy atom. The number of nitro benzene ring substituents is 1. The Kier molecular flexibility index (Phi) is 8.31. The van der Waals surface area contributed by atoms with Crippen LogP contribution in [0.1, 0.15) is 35.3 Å². The molecular weight excluding hydrogens is 438 g/mol. The van der Waals surface area contributed by atoms with Gasteiger partial charge in [0.2, 0.25) is 0 Å². The molecule has 34 heavy (non-hydrogen) atoms. The first kappa shape index (κ1) is 24.8. The van der Waals surface area contributed by atoms with Crippen LogP contribution in [0.25, 0.3) is 0 Å². The highest BCUT2D eigenvalue weighted by atomic mass is 16.6. The largest absolute Gasteiger partial charge is 0.378 e. The number of ether oxygens (including phenoxy) is 1. The van der Waals surface area contributed by atoms with E-state index in [2.05, 4.69) is 15.8 Å². The van der Waals surface area contributed by atoms with Crippen LogP contribution in [0.2, 0.25) is 0 Å². The van der Waals surface area contributed by atoms with E-state index in [9.17, 15) is 19.7 Å². The van der Waals surface area contributed by atoms with Crippen LogP contribution in [-0.2, 0) is 9.53 Å². The minimum atomic E-state index is -0.802. The molecule has 1 atom stereocenters. The Balaban J connectivity index is 1.66. The van der Waals surface area contributed by atoms with Crippen molar-refractivity contribution in [3.8, 4) is 0 Å². The molecule has 2 aromatic rings. The van der Waals surface area contributed by atoms with E-state index in [-0.39, 0.29) is 17.5 Å². The standard InChI is InChI=1S/C24H29N5O5/c1-16(2)22(26-23(30)19-7-4-17(3)5-8-19)24(31)27-25-15-18-6-9-20(21(14-18)29(32)33)28-10-12-34-13-11-28/h4-9,14-16,22H,10-13H2,1-3H3,(H,26,30)(H,27,31). The maximum Gasteiger partial charge on any atom is 0.293 e. The second-order valence-corrected chi connectivity index (χ2v) is 8.40. The number of nitro groups is 1. The van der Waals surface area contributed by atoms with Crippen LogP contribution in [0.3, 0.4) is 0 Å². The summed E-state index contributed by atoms with van der Waals surface area (Å²) in [7, 11) is 0. The summed E-state index contributed by atoms with van der Waals surface area (Å²) >= 11 is 0. The summed E-state index contributed by atoms with van der Waals surface area (Å²) in [5.41, 5.74) is 4.86. The van der Waals surface area contributed by atoms with E-state index in [1.165, 1.54) is 12.3 Å². The second-order valence-electron chi connectivity index (χ2n) is 8.40. The molecule has 0 aromatic heterocycles. The van der Waals surface area contributed by atoms with Gasteiger partial charge in [0.25, 0.3) is 17.5 Å². The molecule has 1 fully saturated rings. The SMILES string of the molecule is Cc1ccc(C(=O)NC(C(=O)NN=Cc2ccc(N3CCOCC3)c([N+](=O)[O-])c2)C(C)C)cc1. The lowest BCUT2D eigenvalue weighted by molar-refractivity contribution is -0.384. The third-order valence-electron chi connectivity index (χ3n) is 5.49. The van der Waals surface area contributed by atoms with Gasteiger partial charge in [-0.25, -0.2) is 5.43 Å². The Labute approximate surface area is 198 Å². The van der Waals surface area contributed by atoms with E-state index in [1.807, 2.05) is 37.8 Å². The van der Waals surface area contributed by atoms with Gasteiger partial charge in [0.1, 0.15) is 11.7 Å². The van der Waals surface area contributed by atoms with Crippen molar-refractivity contribution in [2.24, 2.45) is 11.0 Å². The Bertz CT molecular complexity index is 1060. The van der Waals surface area contributed by atoms with Crippen molar-refractivity contribution >= 4 is 29.4 Å². The van der Waals surface area contributed by atoms with Crippen molar-refractivity contribution in [2.45, 2.75) is 26.8 Å². The quantitative estimate of drug-likeness (QED) is 0.349. The van der Waals surface area contributed by atoms with Gasteiger partial charge in [-0.3, -0.25) is 19.7 Å². The summed E-state index contributed by atoms with van der Waals surface area (Å²) in [6.07, 6.45) is 1.34. The number of amides is 2. The molecule has 1 aliphatic heterocycles. The van der Waals surface area contributed by atoms with Gasteiger partial charge in [-0.15, -0.1) is 0 Å². The van der Waals surface area contributed by atoms with E-state index >= 15 is 0 Å². The van der Waals surface area contributed by atoms with Gasteiger partial charge < -0.3 is 15.0 Å². The molecule has 0 bridgehead atoms. The van der Waals surface area contributed by atoms with Crippen molar-refractivity contribution in [3.05, 3.63) is 69.3 Å². The van der Waals surface area contributed by atoms with Crippen LogP contribution in [0.15, 0.2) is 47.6 Å². The predicted octanol–water partition coefficient (Wildman–Crippen LogP) is 2.64. The van der Waals surface area contributed by atoms with Crippen molar-refractivity contribution in [1.29, 1.82) is 0 Å². The summed E-state index contributed by atoms with van der Waals surface area (Å²) in [5.74, 6) is -1.02. The number of morpholine rings is 1. The van der Waals surface area contributed by atoms with E-state index in [1.54, 1.807) is 24.3 Å². The highest BCUT2D eigenvalue weighted by molar-refractivity contribution is 5.97. The number of benzene rings is 2. The molecule has 2 amide bonds. The number of hydrazone groups is 1. The first-order chi connectivity index (χ1) is 16.3. The molecule has 1 aliphatic rings. The normalized spacial score (nSPS) is 14.8. The highest BCUT2D eigenvalue weighted by Crippen LogP contribution is 2.29. The molecule has 1 heterocycles. The molecule has 3 rings (SSSR count). The van der Waals surface area contributed by atoms with Crippen LogP contribution < -0.4 is 15.6 Å². The number of hydrogen-bond acceptors (Lipinski definition) is 7. The number of anilines is 1. The van der Waals surface area contributed by atoms with Crippen LogP contribution in [-0.4, -0.2) is 55.3 Å². The number of hydrogen-bond donors (Lipinski definition) is 2. The van der Waals surface area contributed by atoms with Crippen molar-refractivity contribution in [3.63, 3.8) is 0 Å². The second kappa shape index (κ2) is 11.4. The van der Waals surface area contributed by atoms with E-state index in [4.69, 9.17) is 4.74 Å². The minimum Gasteiger partial charge on any atom is -0.378 e. The summed E-state index contributed by atoms with van der Waals surface area (Å²) in [4.78, 5) is 38.3. The van der Waals surface area contributed by atoms with Gasteiger partial charge in [-0.2, -0.15) is 5.10 Å². The molecule has 10 nitrogen and oxygen atoms in total. The van der Waals surface area contributed by atoms with Gasteiger partial charge >= 0.3 is 0 Å². The van der Waals surface area contributed by atoms with E-state index in [0.717, 1.165) is 5.56 Å². The molecule has 1 saturated heterocycles. The molecule has 0 saturated carbocycles.